The molecular weight excluding hydrogens is 260 g/mol. The third-order valence-electron chi connectivity index (χ3n) is 2.02. The van der Waals surface area contributed by atoms with Gasteiger partial charge in [0.2, 0.25) is 0 Å². The van der Waals surface area contributed by atoms with Crippen molar-refractivity contribution < 1.29 is 9.15 Å². The van der Waals surface area contributed by atoms with Crippen molar-refractivity contribution in [3.8, 4) is 0 Å². The zero-order valence-corrected chi connectivity index (χ0v) is 11.0. The monoisotopic (exact) mass is 270 g/mol. The highest BCUT2D eigenvalue weighted by Crippen LogP contribution is 2.30. The van der Waals surface area contributed by atoms with E-state index in [1.807, 2.05) is 13.0 Å². The lowest BCUT2D eigenvalue weighted by molar-refractivity contribution is 0.177. The smallest absolute Gasteiger partial charge is 0.156 e. The number of methoxy groups -OCH3 is 1. The average Bonchev–Trinajstić information content (AvgIpc) is 2.64. The Morgan fingerprint density at radius 2 is 2.29 bits per heavy atom. The van der Waals surface area contributed by atoms with E-state index in [0.29, 0.717) is 17.6 Å². The Morgan fingerprint density at radius 1 is 1.47 bits per heavy atom. The van der Waals surface area contributed by atoms with E-state index in [4.69, 9.17) is 20.8 Å². The van der Waals surface area contributed by atoms with Crippen LogP contribution in [0.25, 0.3) is 0 Å². The SMILES string of the molecule is COCc1nc(Cl)cc(Sc2ccoc2C)n1. The Labute approximate surface area is 108 Å². The number of rotatable bonds is 4. The number of furan rings is 1. The number of aromatic nitrogens is 2. The summed E-state index contributed by atoms with van der Waals surface area (Å²) in [5, 5.41) is 1.19. The number of ether oxygens (including phenoxy) is 1. The molecule has 6 heteroatoms. The summed E-state index contributed by atoms with van der Waals surface area (Å²) in [5.74, 6) is 1.43. The van der Waals surface area contributed by atoms with E-state index in [-0.39, 0.29) is 0 Å². The molecule has 0 N–H and O–H groups in total. The Morgan fingerprint density at radius 3 is 2.94 bits per heavy atom. The van der Waals surface area contributed by atoms with Crippen molar-refractivity contribution in [2.75, 3.05) is 7.11 Å². The minimum Gasteiger partial charge on any atom is -0.468 e. The lowest BCUT2D eigenvalue weighted by atomic mass is 10.5. The summed E-state index contributed by atoms with van der Waals surface area (Å²) < 4.78 is 10.2. The molecule has 0 spiro atoms. The molecule has 4 nitrogen and oxygen atoms in total. The van der Waals surface area contributed by atoms with Crippen LogP contribution in [-0.4, -0.2) is 17.1 Å². The first kappa shape index (κ1) is 12.4. The van der Waals surface area contributed by atoms with Crippen LogP contribution in [0.4, 0.5) is 0 Å². The Balaban J connectivity index is 2.23. The van der Waals surface area contributed by atoms with Gasteiger partial charge in [0.1, 0.15) is 22.5 Å². The van der Waals surface area contributed by atoms with Crippen LogP contribution in [0, 0.1) is 6.92 Å². The van der Waals surface area contributed by atoms with E-state index in [1.165, 1.54) is 11.8 Å². The Hall–Kier alpha value is -1.04. The van der Waals surface area contributed by atoms with Crippen molar-refractivity contribution in [1.82, 2.24) is 9.97 Å². The number of nitrogens with zero attached hydrogens (tertiary/aromatic N) is 2. The Bertz CT molecular complexity index is 516. The van der Waals surface area contributed by atoms with Gasteiger partial charge in [-0.3, -0.25) is 0 Å². The maximum absolute atomic E-state index is 5.92. The fourth-order valence-corrected chi connectivity index (χ4v) is 2.41. The van der Waals surface area contributed by atoms with Crippen LogP contribution in [0.5, 0.6) is 0 Å². The van der Waals surface area contributed by atoms with Crippen LogP contribution in [0.3, 0.4) is 0 Å². The molecule has 0 saturated heterocycles. The van der Waals surface area contributed by atoms with Gasteiger partial charge in [0.25, 0.3) is 0 Å². The zero-order chi connectivity index (χ0) is 12.3. The van der Waals surface area contributed by atoms with Crippen molar-refractivity contribution >= 4 is 23.4 Å². The number of hydrogen-bond donors (Lipinski definition) is 0. The molecule has 0 aliphatic rings. The van der Waals surface area contributed by atoms with Crippen LogP contribution in [0.15, 0.2) is 32.7 Å². The second-order valence-corrected chi connectivity index (χ2v) is 4.77. The van der Waals surface area contributed by atoms with Crippen molar-refractivity contribution in [2.45, 2.75) is 23.5 Å². The van der Waals surface area contributed by atoms with Gasteiger partial charge in [0.15, 0.2) is 5.82 Å². The molecule has 0 aliphatic carbocycles. The lowest BCUT2D eigenvalue weighted by Gasteiger charge is -2.03. The first-order valence-electron chi connectivity index (χ1n) is 4.93. The fraction of sp³-hybridized carbons (Fsp3) is 0.273. The first-order chi connectivity index (χ1) is 8.19. The molecule has 0 amide bonds. The van der Waals surface area contributed by atoms with Gasteiger partial charge in [-0.25, -0.2) is 9.97 Å². The Kier molecular flexibility index (Phi) is 4.04. The van der Waals surface area contributed by atoms with Gasteiger partial charge in [0, 0.05) is 13.2 Å². The maximum Gasteiger partial charge on any atom is 0.156 e. The molecular formula is C11H11ClN2O2S. The van der Waals surface area contributed by atoms with Crippen molar-refractivity contribution in [3.63, 3.8) is 0 Å². The first-order valence-corrected chi connectivity index (χ1v) is 6.13. The van der Waals surface area contributed by atoms with Gasteiger partial charge in [-0.05, 0) is 13.0 Å². The molecule has 0 aliphatic heterocycles. The van der Waals surface area contributed by atoms with Gasteiger partial charge >= 0.3 is 0 Å². The highest BCUT2D eigenvalue weighted by molar-refractivity contribution is 7.99. The highest BCUT2D eigenvalue weighted by atomic mass is 35.5. The summed E-state index contributed by atoms with van der Waals surface area (Å²) in [5.41, 5.74) is 0. The number of hydrogen-bond acceptors (Lipinski definition) is 5. The minimum atomic E-state index is 0.346. The largest absolute Gasteiger partial charge is 0.468 e. The normalized spacial score (nSPS) is 10.8. The van der Waals surface area contributed by atoms with Crippen molar-refractivity contribution in [1.29, 1.82) is 0 Å². The summed E-state index contributed by atoms with van der Waals surface area (Å²) in [6, 6.07) is 3.61. The zero-order valence-electron chi connectivity index (χ0n) is 9.44. The lowest BCUT2D eigenvalue weighted by Crippen LogP contribution is -1.98. The van der Waals surface area contributed by atoms with Crippen molar-refractivity contribution in [3.05, 3.63) is 35.1 Å². The highest BCUT2D eigenvalue weighted by Gasteiger charge is 2.08. The van der Waals surface area contributed by atoms with Crippen LogP contribution in [0.2, 0.25) is 5.15 Å². The van der Waals surface area contributed by atoms with Crippen LogP contribution in [0.1, 0.15) is 11.6 Å². The predicted molar refractivity (Wildman–Crippen MR) is 65.3 cm³/mol. The standard InChI is InChI=1S/C11H11ClN2O2S/c1-7-8(3-4-16-7)17-11-5-9(12)13-10(14-11)6-15-2/h3-5H,6H2,1-2H3. The molecule has 0 bridgehead atoms. The van der Waals surface area contributed by atoms with Crippen molar-refractivity contribution in [2.24, 2.45) is 0 Å². The molecule has 0 aromatic carbocycles. The molecule has 17 heavy (non-hydrogen) atoms. The third kappa shape index (κ3) is 3.21. The molecule has 2 heterocycles. The fourth-order valence-electron chi connectivity index (χ4n) is 1.28. The molecule has 0 radical (unpaired) electrons. The maximum atomic E-state index is 5.92. The molecule has 2 aromatic heterocycles. The molecule has 2 aromatic rings. The summed E-state index contributed by atoms with van der Waals surface area (Å²) in [7, 11) is 1.59. The quantitative estimate of drug-likeness (QED) is 0.798. The summed E-state index contributed by atoms with van der Waals surface area (Å²) in [6.07, 6.45) is 1.65. The predicted octanol–water partition coefficient (Wildman–Crippen LogP) is 3.33. The second-order valence-electron chi connectivity index (χ2n) is 3.32. The number of halogens is 1. The summed E-state index contributed by atoms with van der Waals surface area (Å²) >= 11 is 7.41. The van der Waals surface area contributed by atoms with E-state index >= 15 is 0 Å². The van der Waals surface area contributed by atoms with E-state index in [1.54, 1.807) is 19.4 Å². The van der Waals surface area contributed by atoms with Gasteiger partial charge in [-0.2, -0.15) is 0 Å². The molecule has 0 saturated carbocycles. The van der Waals surface area contributed by atoms with Crippen LogP contribution < -0.4 is 0 Å². The molecule has 90 valence electrons. The molecule has 2 rings (SSSR count). The van der Waals surface area contributed by atoms with Gasteiger partial charge < -0.3 is 9.15 Å². The van der Waals surface area contributed by atoms with Gasteiger partial charge in [-0.1, -0.05) is 23.4 Å². The molecule has 0 atom stereocenters. The topological polar surface area (TPSA) is 48.2 Å². The average molecular weight is 271 g/mol. The van der Waals surface area contributed by atoms with Gasteiger partial charge in [-0.15, -0.1) is 0 Å². The second kappa shape index (κ2) is 5.53. The van der Waals surface area contributed by atoms with Crippen LogP contribution in [-0.2, 0) is 11.3 Å². The minimum absolute atomic E-state index is 0.346. The summed E-state index contributed by atoms with van der Waals surface area (Å²) in [4.78, 5) is 9.42. The van der Waals surface area contributed by atoms with Gasteiger partial charge in [0.05, 0.1) is 11.2 Å². The van der Waals surface area contributed by atoms with E-state index in [2.05, 4.69) is 9.97 Å². The number of aryl methyl sites for hydroxylation is 1. The molecule has 0 fully saturated rings. The summed E-state index contributed by atoms with van der Waals surface area (Å²) in [6.45, 7) is 2.25. The van der Waals surface area contributed by atoms with E-state index < -0.39 is 0 Å². The van der Waals surface area contributed by atoms with E-state index in [0.717, 1.165) is 15.7 Å². The van der Waals surface area contributed by atoms with Crippen LogP contribution >= 0.6 is 23.4 Å². The third-order valence-corrected chi connectivity index (χ3v) is 3.27. The van der Waals surface area contributed by atoms with E-state index in [9.17, 15) is 0 Å². The molecule has 0 unspecified atom stereocenters.